The molecule has 2 aromatic rings. The molecule has 2 fully saturated rings. The lowest BCUT2D eigenvalue weighted by Crippen LogP contribution is -2.46. The Bertz CT molecular complexity index is 653. The van der Waals surface area contributed by atoms with Crippen LogP contribution in [0, 0.1) is 0 Å². The number of piperidine rings is 1. The summed E-state index contributed by atoms with van der Waals surface area (Å²) in [5.74, 6) is 1.95. The minimum Gasteiger partial charge on any atom is -0.462 e. The minimum absolute atomic E-state index is 0.129. The summed E-state index contributed by atoms with van der Waals surface area (Å²) in [6, 6.07) is 4.13. The van der Waals surface area contributed by atoms with E-state index in [1.54, 1.807) is 12.5 Å². The Kier molecular flexibility index (Phi) is 4.92. The van der Waals surface area contributed by atoms with E-state index >= 15 is 0 Å². The molecule has 1 atom stereocenters. The number of aromatic nitrogens is 2. The lowest BCUT2D eigenvalue weighted by Gasteiger charge is -2.38. The van der Waals surface area contributed by atoms with Gasteiger partial charge in [-0.25, -0.2) is 4.98 Å². The molecule has 0 amide bonds. The van der Waals surface area contributed by atoms with Gasteiger partial charge in [0.2, 0.25) is 0 Å². The highest BCUT2D eigenvalue weighted by Gasteiger charge is 2.33. The van der Waals surface area contributed by atoms with Crippen LogP contribution in [-0.2, 0) is 17.8 Å². The van der Waals surface area contributed by atoms with Crippen molar-refractivity contribution in [2.45, 2.75) is 56.9 Å². The van der Waals surface area contributed by atoms with E-state index in [0.717, 1.165) is 63.4 Å². The number of aliphatic hydroxyl groups is 1. The van der Waals surface area contributed by atoms with Crippen LogP contribution in [0.3, 0.4) is 0 Å². The highest BCUT2D eigenvalue weighted by Crippen LogP contribution is 2.30. The second kappa shape index (κ2) is 7.32. The average Bonchev–Trinajstić information content (AvgIpc) is 3.30. The molecule has 0 spiro atoms. The van der Waals surface area contributed by atoms with Crippen LogP contribution in [-0.4, -0.2) is 44.9 Å². The standard InChI is InChI=1S/C19H27N3O3/c23-19(14-22-11-8-20-15-22)6-9-21(10-7-19)13-16-4-5-18(25-16)17-3-1-2-12-24-17/h4-5,8,11,15,17,23H,1-3,6-7,9-10,12-14H2. The van der Waals surface area contributed by atoms with E-state index < -0.39 is 5.60 Å². The maximum absolute atomic E-state index is 10.8. The molecule has 4 rings (SSSR count). The summed E-state index contributed by atoms with van der Waals surface area (Å²) in [5, 5.41) is 10.8. The van der Waals surface area contributed by atoms with Crippen molar-refractivity contribution in [3.8, 4) is 0 Å². The molecule has 0 aromatic carbocycles. The van der Waals surface area contributed by atoms with E-state index in [0.29, 0.717) is 6.54 Å². The Balaban J connectivity index is 1.29. The van der Waals surface area contributed by atoms with Crippen molar-refractivity contribution in [2.75, 3.05) is 19.7 Å². The van der Waals surface area contributed by atoms with Gasteiger partial charge in [-0.05, 0) is 44.2 Å². The Hall–Kier alpha value is -1.63. The number of rotatable bonds is 5. The molecule has 0 bridgehead atoms. The molecule has 6 nitrogen and oxygen atoms in total. The van der Waals surface area contributed by atoms with E-state index in [1.165, 1.54) is 6.42 Å². The third kappa shape index (κ3) is 4.14. The Morgan fingerprint density at radius 3 is 2.84 bits per heavy atom. The summed E-state index contributed by atoms with van der Waals surface area (Å²) >= 11 is 0. The van der Waals surface area contributed by atoms with Gasteiger partial charge in [0.25, 0.3) is 0 Å². The molecular formula is C19H27N3O3. The number of hydrogen-bond acceptors (Lipinski definition) is 5. The van der Waals surface area contributed by atoms with Gasteiger partial charge < -0.3 is 18.8 Å². The van der Waals surface area contributed by atoms with Crippen LogP contribution in [0.15, 0.2) is 35.3 Å². The number of likely N-dealkylation sites (tertiary alicyclic amines) is 1. The highest BCUT2D eigenvalue weighted by molar-refractivity contribution is 5.10. The first-order valence-electron chi connectivity index (χ1n) is 9.31. The first-order valence-corrected chi connectivity index (χ1v) is 9.31. The number of nitrogens with zero attached hydrogens (tertiary/aromatic N) is 3. The second-order valence-corrected chi connectivity index (χ2v) is 7.39. The quantitative estimate of drug-likeness (QED) is 0.903. The van der Waals surface area contributed by atoms with Gasteiger partial charge in [0.15, 0.2) is 0 Å². The summed E-state index contributed by atoms with van der Waals surface area (Å²) in [7, 11) is 0. The first-order chi connectivity index (χ1) is 12.2. The van der Waals surface area contributed by atoms with E-state index in [4.69, 9.17) is 9.15 Å². The normalized spacial score (nSPS) is 24.4. The molecule has 2 aromatic heterocycles. The molecule has 4 heterocycles. The van der Waals surface area contributed by atoms with Crippen molar-refractivity contribution >= 4 is 0 Å². The van der Waals surface area contributed by atoms with Crippen LogP contribution < -0.4 is 0 Å². The van der Waals surface area contributed by atoms with E-state index in [1.807, 2.05) is 10.8 Å². The largest absolute Gasteiger partial charge is 0.462 e. The van der Waals surface area contributed by atoms with Crippen LogP contribution in [0.1, 0.15) is 49.7 Å². The second-order valence-electron chi connectivity index (χ2n) is 7.39. The van der Waals surface area contributed by atoms with Gasteiger partial charge in [-0.15, -0.1) is 0 Å². The fourth-order valence-electron chi connectivity index (χ4n) is 3.84. The molecule has 0 radical (unpaired) electrons. The zero-order valence-corrected chi connectivity index (χ0v) is 14.6. The average molecular weight is 345 g/mol. The van der Waals surface area contributed by atoms with Crippen molar-refractivity contribution < 1.29 is 14.3 Å². The molecule has 1 N–H and O–H groups in total. The first kappa shape index (κ1) is 16.8. The van der Waals surface area contributed by atoms with Gasteiger partial charge in [0.1, 0.15) is 17.6 Å². The van der Waals surface area contributed by atoms with E-state index in [2.05, 4.69) is 22.0 Å². The number of ether oxygens (including phenoxy) is 1. The topological polar surface area (TPSA) is 63.7 Å². The fourth-order valence-corrected chi connectivity index (χ4v) is 3.84. The summed E-state index contributed by atoms with van der Waals surface area (Å²) in [5.41, 5.74) is -0.637. The summed E-state index contributed by atoms with van der Waals surface area (Å²) in [6.45, 7) is 4.00. The molecule has 0 saturated carbocycles. The summed E-state index contributed by atoms with van der Waals surface area (Å²) < 4.78 is 13.8. The minimum atomic E-state index is -0.637. The van der Waals surface area contributed by atoms with Crippen molar-refractivity contribution in [3.63, 3.8) is 0 Å². The van der Waals surface area contributed by atoms with Crippen LogP contribution >= 0.6 is 0 Å². The summed E-state index contributed by atoms with van der Waals surface area (Å²) in [4.78, 5) is 6.40. The molecular weight excluding hydrogens is 318 g/mol. The SMILES string of the molecule is OC1(Cn2ccnc2)CCN(Cc2ccc(C3CCCCO3)o2)CC1. The number of hydrogen-bond donors (Lipinski definition) is 1. The van der Waals surface area contributed by atoms with Gasteiger partial charge in [-0.3, -0.25) is 4.90 Å². The molecule has 1 unspecified atom stereocenters. The van der Waals surface area contributed by atoms with E-state index in [9.17, 15) is 5.11 Å². The molecule has 2 aliphatic heterocycles. The van der Waals surface area contributed by atoms with Crippen molar-refractivity contribution in [1.82, 2.24) is 14.5 Å². The molecule has 25 heavy (non-hydrogen) atoms. The zero-order valence-electron chi connectivity index (χ0n) is 14.6. The van der Waals surface area contributed by atoms with Crippen molar-refractivity contribution in [1.29, 1.82) is 0 Å². The van der Waals surface area contributed by atoms with Gasteiger partial charge in [-0.2, -0.15) is 0 Å². The monoisotopic (exact) mass is 345 g/mol. The predicted molar refractivity (Wildman–Crippen MR) is 92.9 cm³/mol. The van der Waals surface area contributed by atoms with Crippen molar-refractivity contribution in [3.05, 3.63) is 42.4 Å². The lowest BCUT2D eigenvalue weighted by atomic mass is 9.91. The summed E-state index contributed by atoms with van der Waals surface area (Å²) in [6.07, 6.45) is 10.5. The third-order valence-electron chi connectivity index (χ3n) is 5.38. The van der Waals surface area contributed by atoms with Crippen LogP contribution in [0.2, 0.25) is 0 Å². The number of furan rings is 1. The Labute approximate surface area is 148 Å². The Morgan fingerprint density at radius 2 is 2.12 bits per heavy atom. The fraction of sp³-hybridized carbons (Fsp3) is 0.632. The molecule has 6 heteroatoms. The third-order valence-corrected chi connectivity index (χ3v) is 5.38. The smallest absolute Gasteiger partial charge is 0.133 e. The molecule has 136 valence electrons. The molecule has 2 saturated heterocycles. The highest BCUT2D eigenvalue weighted by atomic mass is 16.5. The van der Waals surface area contributed by atoms with Gasteiger partial charge in [0.05, 0.1) is 25.0 Å². The van der Waals surface area contributed by atoms with Gasteiger partial charge in [-0.1, -0.05) is 0 Å². The Morgan fingerprint density at radius 1 is 1.24 bits per heavy atom. The van der Waals surface area contributed by atoms with Crippen LogP contribution in [0.5, 0.6) is 0 Å². The molecule has 2 aliphatic rings. The van der Waals surface area contributed by atoms with Crippen LogP contribution in [0.25, 0.3) is 0 Å². The lowest BCUT2D eigenvalue weighted by molar-refractivity contribution is -0.0373. The molecule has 0 aliphatic carbocycles. The van der Waals surface area contributed by atoms with Gasteiger partial charge >= 0.3 is 0 Å². The van der Waals surface area contributed by atoms with Gasteiger partial charge in [0, 0.05) is 32.1 Å². The number of imidazole rings is 1. The maximum atomic E-state index is 10.8. The van der Waals surface area contributed by atoms with E-state index in [-0.39, 0.29) is 6.10 Å². The van der Waals surface area contributed by atoms with Crippen LogP contribution in [0.4, 0.5) is 0 Å². The zero-order chi connectivity index (χ0) is 17.1. The predicted octanol–water partition coefficient (Wildman–Crippen LogP) is 2.74. The van der Waals surface area contributed by atoms with Crippen molar-refractivity contribution in [2.24, 2.45) is 0 Å². The maximum Gasteiger partial charge on any atom is 0.133 e.